The molecule has 3 nitrogen and oxygen atoms in total. The molecule has 0 saturated carbocycles. The van der Waals surface area contributed by atoms with Gasteiger partial charge in [0.15, 0.2) is 0 Å². The lowest BCUT2D eigenvalue weighted by Crippen LogP contribution is -2.39. The standard InChI is InChI=1S/C17H18ClFN2O/c18-15-8-4-7-14(12-15)16(21-17(22)20-10-9-19)11-13-5-2-1-3-6-13/h1-8,12,16H,9-11H2,(H2,20,21,22). The zero-order chi connectivity index (χ0) is 15.8. The van der Waals surface area contributed by atoms with Gasteiger partial charge in [-0.3, -0.25) is 0 Å². The second-order valence-corrected chi connectivity index (χ2v) is 5.32. The van der Waals surface area contributed by atoms with Crippen molar-refractivity contribution in [2.45, 2.75) is 12.5 Å². The molecule has 22 heavy (non-hydrogen) atoms. The molecule has 0 radical (unpaired) electrons. The summed E-state index contributed by atoms with van der Waals surface area (Å²) in [6.07, 6.45) is 0.629. The number of urea groups is 1. The summed E-state index contributed by atoms with van der Waals surface area (Å²) in [5.41, 5.74) is 2.00. The number of halogens is 2. The van der Waals surface area contributed by atoms with E-state index >= 15 is 0 Å². The second kappa shape index (κ2) is 8.39. The topological polar surface area (TPSA) is 41.1 Å². The molecule has 2 rings (SSSR count). The van der Waals surface area contributed by atoms with Crippen molar-refractivity contribution in [1.82, 2.24) is 10.6 Å². The van der Waals surface area contributed by atoms with Crippen molar-refractivity contribution in [3.8, 4) is 0 Å². The first-order valence-corrected chi connectivity index (χ1v) is 7.46. The van der Waals surface area contributed by atoms with Gasteiger partial charge in [0, 0.05) is 11.6 Å². The van der Waals surface area contributed by atoms with E-state index < -0.39 is 12.7 Å². The summed E-state index contributed by atoms with van der Waals surface area (Å²) in [4.78, 5) is 11.8. The van der Waals surface area contributed by atoms with Gasteiger partial charge in [-0.05, 0) is 29.7 Å². The van der Waals surface area contributed by atoms with Gasteiger partial charge in [0.2, 0.25) is 0 Å². The summed E-state index contributed by atoms with van der Waals surface area (Å²) in [6.45, 7) is -0.590. The highest BCUT2D eigenvalue weighted by Crippen LogP contribution is 2.21. The molecule has 0 fully saturated rings. The molecule has 2 N–H and O–H groups in total. The number of hydrogen-bond donors (Lipinski definition) is 2. The Kier molecular flexibility index (Phi) is 6.22. The molecule has 0 bridgehead atoms. The van der Waals surface area contributed by atoms with Gasteiger partial charge in [-0.15, -0.1) is 0 Å². The van der Waals surface area contributed by atoms with Crippen LogP contribution in [0.5, 0.6) is 0 Å². The molecule has 0 aliphatic rings. The van der Waals surface area contributed by atoms with Gasteiger partial charge < -0.3 is 10.6 Å². The maximum absolute atomic E-state index is 12.2. The van der Waals surface area contributed by atoms with Crippen molar-refractivity contribution in [2.75, 3.05) is 13.2 Å². The minimum atomic E-state index is -0.589. The fourth-order valence-corrected chi connectivity index (χ4v) is 2.39. The third kappa shape index (κ3) is 5.04. The normalized spacial score (nSPS) is 11.7. The first-order valence-electron chi connectivity index (χ1n) is 7.09. The van der Waals surface area contributed by atoms with E-state index in [2.05, 4.69) is 10.6 Å². The first-order chi connectivity index (χ1) is 10.7. The Labute approximate surface area is 134 Å². The molecule has 0 heterocycles. The van der Waals surface area contributed by atoms with Crippen molar-refractivity contribution in [1.29, 1.82) is 0 Å². The molecule has 0 spiro atoms. The molecule has 0 aromatic heterocycles. The molecule has 5 heteroatoms. The van der Waals surface area contributed by atoms with Crippen molar-refractivity contribution in [3.05, 3.63) is 70.7 Å². The van der Waals surface area contributed by atoms with Gasteiger partial charge in [0.1, 0.15) is 6.67 Å². The number of nitrogens with one attached hydrogen (secondary N) is 2. The van der Waals surface area contributed by atoms with Crippen LogP contribution in [0.2, 0.25) is 5.02 Å². The SMILES string of the molecule is O=C(NCCF)NC(Cc1ccccc1)c1cccc(Cl)c1. The molecule has 0 aliphatic heterocycles. The van der Waals surface area contributed by atoms with Crippen molar-refractivity contribution in [3.63, 3.8) is 0 Å². The molecule has 0 saturated heterocycles. The quantitative estimate of drug-likeness (QED) is 0.833. The number of rotatable bonds is 6. The van der Waals surface area contributed by atoms with Crippen molar-refractivity contribution < 1.29 is 9.18 Å². The van der Waals surface area contributed by atoms with Crippen LogP contribution in [0.3, 0.4) is 0 Å². The molecule has 1 atom stereocenters. The van der Waals surface area contributed by atoms with E-state index in [4.69, 9.17) is 11.6 Å². The highest BCUT2D eigenvalue weighted by Gasteiger charge is 2.15. The van der Waals surface area contributed by atoms with Gasteiger partial charge >= 0.3 is 6.03 Å². The predicted molar refractivity (Wildman–Crippen MR) is 86.8 cm³/mol. The minimum Gasteiger partial charge on any atom is -0.336 e. The van der Waals surface area contributed by atoms with Gasteiger partial charge in [-0.2, -0.15) is 0 Å². The Hall–Kier alpha value is -2.07. The lowest BCUT2D eigenvalue weighted by atomic mass is 9.99. The summed E-state index contributed by atoms with van der Waals surface area (Å²) in [5, 5.41) is 5.96. The average Bonchev–Trinajstić information content (AvgIpc) is 2.53. The van der Waals surface area contributed by atoms with Gasteiger partial charge in [-0.1, -0.05) is 54.1 Å². The summed E-state index contributed by atoms with van der Waals surface area (Å²) in [7, 11) is 0. The maximum Gasteiger partial charge on any atom is 0.315 e. The highest BCUT2D eigenvalue weighted by molar-refractivity contribution is 6.30. The lowest BCUT2D eigenvalue weighted by molar-refractivity contribution is 0.236. The smallest absolute Gasteiger partial charge is 0.315 e. The monoisotopic (exact) mass is 320 g/mol. The van der Waals surface area contributed by atoms with E-state index in [9.17, 15) is 9.18 Å². The van der Waals surface area contributed by atoms with Crippen LogP contribution in [-0.4, -0.2) is 19.3 Å². The van der Waals surface area contributed by atoms with Gasteiger partial charge in [0.25, 0.3) is 0 Å². The lowest BCUT2D eigenvalue weighted by Gasteiger charge is -2.20. The average molecular weight is 321 g/mol. The number of carbonyl (C=O) groups is 1. The number of benzene rings is 2. The van der Waals surface area contributed by atoms with Crippen LogP contribution in [0.1, 0.15) is 17.2 Å². The Morgan fingerprint density at radius 2 is 1.91 bits per heavy atom. The zero-order valence-corrected chi connectivity index (χ0v) is 12.8. The fourth-order valence-electron chi connectivity index (χ4n) is 2.20. The predicted octanol–water partition coefficient (Wildman–Crippen LogP) is 3.89. The molecule has 2 aromatic rings. The number of hydrogen-bond acceptors (Lipinski definition) is 1. The molecule has 0 aliphatic carbocycles. The number of carbonyl (C=O) groups excluding carboxylic acids is 1. The fraction of sp³-hybridized carbons (Fsp3) is 0.235. The summed E-state index contributed by atoms with van der Waals surface area (Å²) >= 11 is 6.03. The maximum atomic E-state index is 12.2. The first kappa shape index (κ1) is 16.3. The van der Waals surface area contributed by atoms with Crippen LogP contribution in [0.15, 0.2) is 54.6 Å². The van der Waals surface area contributed by atoms with Crippen LogP contribution < -0.4 is 10.6 Å². The molecule has 2 aromatic carbocycles. The Morgan fingerprint density at radius 3 is 2.59 bits per heavy atom. The summed E-state index contributed by atoms with van der Waals surface area (Å²) in [6, 6.07) is 16.6. The number of alkyl halides is 1. The molecular formula is C17H18ClFN2O. The van der Waals surface area contributed by atoms with Crippen LogP contribution in [0, 0.1) is 0 Å². The van der Waals surface area contributed by atoms with E-state index in [-0.39, 0.29) is 12.6 Å². The number of amides is 2. The second-order valence-electron chi connectivity index (χ2n) is 4.89. The summed E-state index contributed by atoms with van der Waals surface area (Å²) in [5.74, 6) is 0. The van der Waals surface area contributed by atoms with Crippen LogP contribution in [0.4, 0.5) is 9.18 Å². The van der Waals surface area contributed by atoms with E-state index in [1.54, 1.807) is 6.07 Å². The van der Waals surface area contributed by atoms with Gasteiger partial charge in [0.05, 0.1) is 6.04 Å². The van der Waals surface area contributed by atoms with E-state index in [1.165, 1.54) is 0 Å². The van der Waals surface area contributed by atoms with E-state index in [0.29, 0.717) is 11.4 Å². The Bertz CT molecular complexity index is 607. The van der Waals surface area contributed by atoms with Crippen LogP contribution in [-0.2, 0) is 6.42 Å². The largest absolute Gasteiger partial charge is 0.336 e. The summed E-state index contributed by atoms with van der Waals surface area (Å²) < 4.78 is 12.2. The van der Waals surface area contributed by atoms with Crippen LogP contribution >= 0.6 is 11.6 Å². The molecule has 116 valence electrons. The van der Waals surface area contributed by atoms with Crippen molar-refractivity contribution >= 4 is 17.6 Å². The van der Waals surface area contributed by atoms with Crippen LogP contribution in [0.25, 0.3) is 0 Å². The third-order valence-electron chi connectivity index (χ3n) is 3.22. The Balaban J connectivity index is 2.15. The molecule has 2 amide bonds. The van der Waals surface area contributed by atoms with Gasteiger partial charge in [-0.25, -0.2) is 9.18 Å². The molecular weight excluding hydrogens is 303 g/mol. The highest BCUT2D eigenvalue weighted by atomic mass is 35.5. The molecule has 1 unspecified atom stereocenters. The zero-order valence-electron chi connectivity index (χ0n) is 12.1. The van der Waals surface area contributed by atoms with Crippen molar-refractivity contribution in [2.24, 2.45) is 0 Å². The minimum absolute atomic E-state index is 0.000559. The third-order valence-corrected chi connectivity index (χ3v) is 3.45. The van der Waals surface area contributed by atoms with E-state index in [0.717, 1.165) is 11.1 Å². The van der Waals surface area contributed by atoms with E-state index in [1.807, 2.05) is 48.5 Å². The Morgan fingerprint density at radius 1 is 1.14 bits per heavy atom.